The smallest absolute Gasteiger partial charge is 0.0623 e. The summed E-state index contributed by atoms with van der Waals surface area (Å²) in [6.45, 7) is 13.1. The second kappa shape index (κ2) is 7.20. The highest BCUT2D eigenvalue weighted by Crippen LogP contribution is 2.15. The molecular weight excluding hydrogens is 188 g/mol. The van der Waals surface area contributed by atoms with Crippen molar-refractivity contribution >= 4 is 0 Å². The van der Waals surface area contributed by atoms with Gasteiger partial charge in [-0.3, -0.25) is 0 Å². The van der Waals surface area contributed by atoms with E-state index in [1.54, 1.807) is 0 Å². The average Bonchev–Trinajstić information content (AvgIpc) is 2.66. The van der Waals surface area contributed by atoms with Gasteiger partial charge >= 0.3 is 0 Å². The highest BCUT2D eigenvalue weighted by atomic mass is 16.5. The quantitative estimate of drug-likeness (QED) is 0.692. The summed E-state index contributed by atoms with van der Waals surface area (Å²) >= 11 is 0. The number of hydrogen-bond acceptors (Lipinski definition) is 3. The van der Waals surface area contributed by atoms with Gasteiger partial charge in [0.15, 0.2) is 0 Å². The largest absolute Gasteiger partial charge is 0.379 e. The van der Waals surface area contributed by atoms with Crippen LogP contribution in [-0.4, -0.2) is 50.3 Å². The maximum absolute atomic E-state index is 5.56. The standard InChI is InChI=1S/C12H26N2O/c1-4-7-14(6-3)8-11-9-15-10-12(11)13-5-2/h11-13H,4-10H2,1-3H3. The first-order valence-corrected chi connectivity index (χ1v) is 6.35. The van der Waals surface area contributed by atoms with Gasteiger partial charge in [-0.15, -0.1) is 0 Å². The fourth-order valence-electron chi connectivity index (χ4n) is 2.29. The average molecular weight is 214 g/mol. The van der Waals surface area contributed by atoms with Crippen LogP contribution in [0.3, 0.4) is 0 Å². The number of nitrogens with zero attached hydrogens (tertiary/aromatic N) is 1. The predicted octanol–water partition coefficient (Wildman–Crippen LogP) is 1.34. The molecule has 1 fully saturated rings. The van der Waals surface area contributed by atoms with Crippen LogP contribution in [0.2, 0.25) is 0 Å². The minimum Gasteiger partial charge on any atom is -0.379 e. The Kier molecular flexibility index (Phi) is 6.22. The van der Waals surface area contributed by atoms with E-state index in [9.17, 15) is 0 Å². The van der Waals surface area contributed by atoms with Gasteiger partial charge in [-0.25, -0.2) is 0 Å². The molecule has 0 aromatic rings. The molecule has 0 spiro atoms. The summed E-state index contributed by atoms with van der Waals surface area (Å²) in [7, 11) is 0. The van der Waals surface area contributed by atoms with Gasteiger partial charge in [-0.05, 0) is 26.1 Å². The molecule has 0 radical (unpaired) electrons. The Balaban J connectivity index is 2.34. The van der Waals surface area contributed by atoms with Crippen molar-refractivity contribution in [2.24, 2.45) is 5.92 Å². The first kappa shape index (κ1) is 12.9. The van der Waals surface area contributed by atoms with E-state index < -0.39 is 0 Å². The molecule has 1 aliphatic rings. The van der Waals surface area contributed by atoms with Crippen LogP contribution < -0.4 is 5.32 Å². The van der Waals surface area contributed by atoms with Crippen molar-refractivity contribution in [1.82, 2.24) is 10.2 Å². The lowest BCUT2D eigenvalue weighted by atomic mass is 10.0. The van der Waals surface area contributed by atoms with Crippen molar-refractivity contribution < 1.29 is 4.74 Å². The molecule has 2 atom stereocenters. The molecule has 0 bridgehead atoms. The molecule has 2 unspecified atom stereocenters. The van der Waals surface area contributed by atoms with Crippen LogP contribution in [0.5, 0.6) is 0 Å². The fourth-order valence-corrected chi connectivity index (χ4v) is 2.29. The summed E-state index contributed by atoms with van der Waals surface area (Å²) in [5.74, 6) is 0.677. The van der Waals surface area contributed by atoms with Crippen molar-refractivity contribution in [2.45, 2.75) is 33.2 Å². The van der Waals surface area contributed by atoms with Crippen LogP contribution in [0.15, 0.2) is 0 Å². The first-order valence-electron chi connectivity index (χ1n) is 6.35. The first-order chi connectivity index (χ1) is 7.31. The van der Waals surface area contributed by atoms with Gasteiger partial charge in [0.05, 0.1) is 13.2 Å². The Labute approximate surface area is 94.2 Å². The lowest BCUT2D eigenvalue weighted by Crippen LogP contribution is -2.41. The van der Waals surface area contributed by atoms with Gasteiger partial charge in [0.1, 0.15) is 0 Å². The zero-order valence-electron chi connectivity index (χ0n) is 10.5. The van der Waals surface area contributed by atoms with Crippen molar-refractivity contribution in [3.05, 3.63) is 0 Å². The Bertz CT molecular complexity index is 164. The molecule has 0 amide bonds. The van der Waals surface area contributed by atoms with Crippen molar-refractivity contribution in [3.8, 4) is 0 Å². The molecule has 1 heterocycles. The number of ether oxygens (including phenoxy) is 1. The van der Waals surface area contributed by atoms with E-state index in [0.717, 1.165) is 26.3 Å². The molecule has 0 aromatic carbocycles. The lowest BCUT2D eigenvalue weighted by Gasteiger charge is -2.26. The molecule has 0 saturated carbocycles. The fraction of sp³-hybridized carbons (Fsp3) is 1.00. The maximum atomic E-state index is 5.56. The van der Waals surface area contributed by atoms with Crippen LogP contribution in [0.4, 0.5) is 0 Å². The highest BCUT2D eigenvalue weighted by Gasteiger charge is 2.28. The second-order valence-electron chi connectivity index (χ2n) is 4.35. The van der Waals surface area contributed by atoms with Crippen LogP contribution in [0.25, 0.3) is 0 Å². The van der Waals surface area contributed by atoms with Gasteiger partial charge < -0.3 is 15.0 Å². The van der Waals surface area contributed by atoms with Crippen LogP contribution >= 0.6 is 0 Å². The number of nitrogens with one attached hydrogen (secondary N) is 1. The summed E-state index contributed by atoms with van der Waals surface area (Å²) in [6.07, 6.45) is 1.24. The molecule has 1 aliphatic heterocycles. The Hall–Kier alpha value is -0.120. The molecular formula is C12H26N2O. The molecule has 0 aromatic heterocycles. The number of rotatable bonds is 7. The molecule has 1 N–H and O–H groups in total. The van der Waals surface area contributed by atoms with Crippen molar-refractivity contribution in [2.75, 3.05) is 39.4 Å². The van der Waals surface area contributed by atoms with Gasteiger partial charge in [0.25, 0.3) is 0 Å². The minimum absolute atomic E-state index is 0.570. The molecule has 1 saturated heterocycles. The van der Waals surface area contributed by atoms with E-state index >= 15 is 0 Å². The molecule has 3 heteroatoms. The zero-order valence-corrected chi connectivity index (χ0v) is 10.5. The summed E-state index contributed by atoms with van der Waals surface area (Å²) in [5, 5.41) is 3.51. The van der Waals surface area contributed by atoms with Crippen LogP contribution in [0, 0.1) is 5.92 Å². The summed E-state index contributed by atoms with van der Waals surface area (Å²) < 4.78 is 5.56. The minimum atomic E-state index is 0.570. The van der Waals surface area contributed by atoms with Gasteiger partial charge in [0, 0.05) is 18.5 Å². The number of likely N-dealkylation sites (N-methyl/N-ethyl adjacent to an activating group) is 1. The highest BCUT2D eigenvalue weighted by molar-refractivity contribution is 4.83. The number of hydrogen-bond donors (Lipinski definition) is 1. The second-order valence-corrected chi connectivity index (χ2v) is 4.35. The van der Waals surface area contributed by atoms with Gasteiger partial charge in [-0.2, -0.15) is 0 Å². The molecule has 90 valence electrons. The zero-order chi connectivity index (χ0) is 11.1. The topological polar surface area (TPSA) is 24.5 Å². The summed E-state index contributed by atoms with van der Waals surface area (Å²) in [6, 6.07) is 0.570. The third-order valence-corrected chi connectivity index (χ3v) is 3.14. The van der Waals surface area contributed by atoms with Gasteiger partial charge in [0.2, 0.25) is 0 Å². The monoisotopic (exact) mass is 214 g/mol. The Morgan fingerprint density at radius 1 is 1.27 bits per heavy atom. The normalized spacial score (nSPS) is 26.4. The molecule has 15 heavy (non-hydrogen) atoms. The van der Waals surface area contributed by atoms with E-state index in [1.807, 2.05) is 0 Å². The molecule has 1 rings (SSSR count). The van der Waals surface area contributed by atoms with E-state index in [0.29, 0.717) is 12.0 Å². The third-order valence-electron chi connectivity index (χ3n) is 3.14. The molecule has 0 aliphatic carbocycles. The lowest BCUT2D eigenvalue weighted by molar-refractivity contribution is 0.168. The van der Waals surface area contributed by atoms with E-state index in [2.05, 4.69) is 31.0 Å². The molecule has 3 nitrogen and oxygen atoms in total. The van der Waals surface area contributed by atoms with Crippen molar-refractivity contribution in [3.63, 3.8) is 0 Å². The van der Waals surface area contributed by atoms with E-state index in [1.165, 1.54) is 19.5 Å². The van der Waals surface area contributed by atoms with Gasteiger partial charge in [-0.1, -0.05) is 20.8 Å². The summed E-state index contributed by atoms with van der Waals surface area (Å²) in [5.41, 5.74) is 0. The Morgan fingerprint density at radius 2 is 2.07 bits per heavy atom. The van der Waals surface area contributed by atoms with Crippen LogP contribution in [0.1, 0.15) is 27.2 Å². The predicted molar refractivity (Wildman–Crippen MR) is 64.2 cm³/mol. The van der Waals surface area contributed by atoms with E-state index in [-0.39, 0.29) is 0 Å². The SMILES string of the molecule is CCCN(CC)CC1COCC1NCC. The maximum Gasteiger partial charge on any atom is 0.0623 e. The third kappa shape index (κ3) is 4.09. The van der Waals surface area contributed by atoms with Crippen LogP contribution in [-0.2, 0) is 4.74 Å². The van der Waals surface area contributed by atoms with E-state index in [4.69, 9.17) is 4.74 Å². The van der Waals surface area contributed by atoms with Crippen molar-refractivity contribution in [1.29, 1.82) is 0 Å². The Morgan fingerprint density at radius 3 is 2.67 bits per heavy atom. The summed E-state index contributed by atoms with van der Waals surface area (Å²) in [4.78, 5) is 2.53.